The minimum Gasteiger partial charge on any atom is -0.382 e. The van der Waals surface area contributed by atoms with Gasteiger partial charge in [0.25, 0.3) is 0 Å². The highest BCUT2D eigenvalue weighted by atomic mass is 16.5. The van der Waals surface area contributed by atoms with E-state index in [0.717, 1.165) is 49.9 Å². The second-order valence-electron chi connectivity index (χ2n) is 8.54. The fraction of sp³-hybridized carbons (Fsp3) is 0.667. The summed E-state index contributed by atoms with van der Waals surface area (Å²) in [5.41, 5.74) is 2.26. The second-order valence-corrected chi connectivity index (χ2v) is 8.54. The number of ether oxygens (including phenoxy) is 1. The number of benzene rings is 1. The molecule has 0 radical (unpaired) electrons. The molecule has 0 heterocycles. The zero-order chi connectivity index (χ0) is 21.8. The van der Waals surface area contributed by atoms with Crippen molar-refractivity contribution in [2.24, 2.45) is 16.3 Å². The fourth-order valence-electron chi connectivity index (χ4n) is 3.84. The topological polar surface area (TPSA) is 74.8 Å². The van der Waals surface area contributed by atoms with Crippen molar-refractivity contribution >= 4 is 17.6 Å². The third-order valence-corrected chi connectivity index (χ3v) is 5.79. The van der Waals surface area contributed by atoms with Gasteiger partial charge in [-0.3, -0.25) is 4.79 Å². The summed E-state index contributed by atoms with van der Waals surface area (Å²) in [4.78, 5) is 16.6. The third kappa shape index (κ3) is 7.98. The Morgan fingerprint density at radius 3 is 2.43 bits per heavy atom. The second kappa shape index (κ2) is 12.6. The summed E-state index contributed by atoms with van der Waals surface area (Å²) < 4.78 is 5.63. The minimum atomic E-state index is -0.0280. The highest BCUT2D eigenvalue weighted by Gasteiger charge is 2.33. The molecule has 1 aromatic carbocycles. The van der Waals surface area contributed by atoms with Crippen LogP contribution in [0, 0.1) is 11.3 Å². The first-order valence-electron chi connectivity index (χ1n) is 11.5. The lowest BCUT2D eigenvalue weighted by atomic mass is 9.83. The molecule has 0 atom stereocenters. The van der Waals surface area contributed by atoms with Crippen LogP contribution in [0.2, 0.25) is 0 Å². The van der Waals surface area contributed by atoms with Gasteiger partial charge in [0, 0.05) is 37.9 Å². The van der Waals surface area contributed by atoms with E-state index in [-0.39, 0.29) is 11.8 Å². The maximum absolute atomic E-state index is 11.8. The number of hydrogen-bond donors (Lipinski definition) is 3. The number of carbonyl (C=O) groups is 1. The molecule has 30 heavy (non-hydrogen) atoms. The molecule has 6 heteroatoms. The number of guanidine groups is 1. The number of rotatable bonds is 11. The highest BCUT2D eigenvalue weighted by Crippen LogP contribution is 2.40. The maximum Gasteiger partial charge on any atom is 0.226 e. The number of aliphatic imine (C=N–C) groups is 1. The first-order chi connectivity index (χ1) is 14.5. The standard InChI is InChI=1S/C24H40N4O2/c1-5-25-23(27-18-24(13-7-8-14-24)15-16-30-6-2)26-17-20-9-11-21(12-10-20)28-22(29)19(3)4/h9-12,19H,5-8,13-18H2,1-4H3,(H,28,29)(H2,25,26,27). The van der Waals surface area contributed by atoms with Gasteiger partial charge in [0.15, 0.2) is 5.96 Å². The Morgan fingerprint density at radius 1 is 1.13 bits per heavy atom. The van der Waals surface area contributed by atoms with E-state index in [0.29, 0.717) is 12.0 Å². The van der Waals surface area contributed by atoms with Crippen molar-refractivity contribution < 1.29 is 9.53 Å². The zero-order valence-electron chi connectivity index (χ0n) is 19.2. The maximum atomic E-state index is 11.8. The van der Waals surface area contributed by atoms with Crippen molar-refractivity contribution in [3.63, 3.8) is 0 Å². The molecule has 1 aliphatic rings. The van der Waals surface area contributed by atoms with Gasteiger partial charge in [-0.15, -0.1) is 0 Å². The molecule has 0 bridgehead atoms. The summed E-state index contributed by atoms with van der Waals surface area (Å²) >= 11 is 0. The molecule has 2 rings (SSSR count). The Labute approximate surface area is 182 Å². The SMILES string of the molecule is CCNC(=NCc1ccc(NC(=O)C(C)C)cc1)NCC1(CCOCC)CCCC1. The summed E-state index contributed by atoms with van der Waals surface area (Å²) in [6.07, 6.45) is 6.24. The molecule has 0 unspecified atom stereocenters. The van der Waals surface area contributed by atoms with Crippen LogP contribution in [0.1, 0.15) is 65.4 Å². The van der Waals surface area contributed by atoms with Crippen molar-refractivity contribution in [3.8, 4) is 0 Å². The monoisotopic (exact) mass is 416 g/mol. The van der Waals surface area contributed by atoms with Crippen molar-refractivity contribution in [2.75, 3.05) is 31.6 Å². The van der Waals surface area contributed by atoms with Gasteiger partial charge in [0.1, 0.15) is 0 Å². The molecule has 1 saturated carbocycles. The molecule has 0 aromatic heterocycles. The van der Waals surface area contributed by atoms with Gasteiger partial charge in [0.2, 0.25) is 5.91 Å². The number of nitrogens with one attached hydrogen (secondary N) is 3. The van der Waals surface area contributed by atoms with E-state index < -0.39 is 0 Å². The van der Waals surface area contributed by atoms with Crippen LogP contribution in [-0.2, 0) is 16.1 Å². The van der Waals surface area contributed by atoms with Crippen molar-refractivity contribution in [1.82, 2.24) is 10.6 Å². The largest absolute Gasteiger partial charge is 0.382 e. The highest BCUT2D eigenvalue weighted by molar-refractivity contribution is 5.92. The summed E-state index contributed by atoms with van der Waals surface area (Å²) in [7, 11) is 0. The van der Waals surface area contributed by atoms with Gasteiger partial charge in [0.05, 0.1) is 6.54 Å². The van der Waals surface area contributed by atoms with Gasteiger partial charge < -0.3 is 20.7 Å². The van der Waals surface area contributed by atoms with Crippen LogP contribution in [-0.4, -0.2) is 38.2 Å². The van der Waals surface area contributed by atoms with Gasteiger partial charge in [-0.2, -0.15) is 0 Å². The first-order valence-corrected chi connectivity index (χ1v) is 11.5. The predicted octanol–water partition coefficient (Wildman–Crippen LogP) is 4.32. The van der Waals surface area contributed by atoms with Crippen LogP contribution < -0.4 is 16.0 Å². The molecule has 6 nitrogen and oxygen atoms in total. The van der Waals surface area contributed by atoms with E-state index >= 15 is 0 Å². The molecule has 0 spiro atoms. The van der Waals surface area contributed by atoms with E-state index in [1.165, 1.54) is 25.7 Å². The van der Waals surface area contributed by atoms with Crippen LogP contribution in [0.5, 0.6) is 0 Å². The number of amides is 1. The van der Waals surface area contributed by atoms with Gasteiger partial charge >= 0.3 is 0 Å². The van der Waals surface area contributed by atoms with Crippen LogP contribution in [0.4, 0.5) is 5.69 Å². The van der Waals surface area contributed by atoms with Crippen molar-refractivity contribution in [1.29, 1.82) is 0 Å². The minimum absolute atomic E-state index is 0.0280. The van der Waals surface area contributed by atoms with E-state index in [1.54, 1.807) is 0 Å². The van der Waals surface area contributed by atoms with Crippen LogP contribution in [0.15, 0.2) is 29.3 Å². The normalized spacial score (nSPS) is 16.0. The van der Waals surface area contributed by atoms with E-state index in [9.17, 15) is 4.79 Å². The Bertz CT molecular complexity index is 664. The van der Waals surface area contributed by atoms with Crippen molar-refractivity contribution in [3.05, 3.63) is 29.8 Å². The smallest absolute Gasteiger partial charge is 0.226 e. The van der Waals surface area contributed by atoms with E-state index in [4.69, 9.17) is 9.73 Å². The molecule has 1 aliphatic carbocycles. The summed E-state index contributed by atoms with van der Waals surface area (Å²) in [6.45, 7) is 11.9. The lowest BCUT2D eigenvalue weighted by molar-refractivity contribution is -0.118. The molecule has 168 valence electrons. The Balaban J connectivity index is 1.92. The Hall–Kier alpha value is -2.08. The molecule has 1 amide bonds. The molecule has 3 N–H and O–H groups in total. The summed E-state index contributed by atoms with van der Waals surface area (Å²) in [5.74, 6) is 0.863. The zero-order valence-corrected chi connectivity index (χ0v) is 19.2. The molecule has 0 saturated heterocycles. The lowest BCUT2D eigenvalue weighted by Crippen LogP contribution is -2.43. The Kier molecular flexibility index (Phi) is 10.1. The van der Waals surface area contributed by atoms with Crippen molar-refractivity contribution in [2.45, 2.75) is 66.3 Å². The number of carbonyl (C=O) groups excluding carboxylic acids is 1. The third-order valence-electron chi connectivity index (χ3n) is 5.79. The van der Waals surface area contributed by atoms with E-state index in [2.05, 4.69) is 29.8 Å². The number of anilines is 1. The molecular weight excluding hydrogens is 376 g/mol. The van der Waals surface area contributed by atoms with Crippen LogP contribution in [0.3, 0.4) is 0 Å². The summed E-state index contributed by atoms with van der Waals surface area (Å²) in [6, 6.07) is 7.91. The molecule has 0 aliphatic heterocycles. The van der Waals surface area contributed by atoms with Gasteiger partial charge in [-0.1, -0.05) is 38.8 Å². The van der Waals surface area contributed by atoms with Gasteiger partial charge in [-0.25, -0.2) is 4.99 Å². The molecule has 1 aromatic rings. The van der Waals surface area contributed by atoms with Crippen LogP contribution in [0.25, 0.3) is 0 Å². The summed E-state index contributed by atoms with van der Waals surface area (Å²) in [5, 5.41) is 9.86. The molecular formula is C24H40N4O2. The van der Waals surface area contributed by atoms with Crippen LogP contribution >= 0.6 is 0 Å². The quantitative estimate of drug-likeness (QED) is 0.285. The average molecular weight is 417 g/mol. The predicted molar refractivity (Wildman–Crippen MR) is 125 cm³/mol. The lowest BCUT2D eigenvalue weighted by Gasteiger charge is -2.30. The molecule has 1 fully saturated rings. The van der Waals surface area contributed by atoms with E-state index in [1.807, 2.05) is 38.1 Å². The number of nitrogens with zero attached hydrogens (tertiary/aromatic N) is 1. The average Bonchev–Trinajstić information content (AvgIpc) is 3.20. The fourth-order valence-corrected chi connectivity index (χ4v) is 3.84. The first kappa shape index (κ1) is 24.2. The van der Waals surface area contributed by atoms with Gasteiger partial charge in [-0.05, 0) is 56.2 Å². The number of hydrogen-bond acceptors (Lipinski definition) is 3. The Morgan fingerprint density at radius 2 is 1.83 bits per heavy atom.